The van der Waals surface area contributed by atoms with Gasteiger partial charge in [-0.2, -0.15) is 0 Å². The second-order valence-electron chi connectivity index (χ2n) is 5.47. The van der Waals surface area contributed by atoms with Crippen molar-refractivity contribution in [3.05, 3.63) is 59.7 Å². The number of rotatable bonds is 5. The molecule has 0 bridgehead atoms. The summed E-state index contributed by atoms with van der Waals surface area (Å²) in [4.78, 5) is 2.31. The fourth-order valence-electron chi connectivity index (χ4n) is 2.37. The summed E-state index contributed by atoms with van der Waals surface area (Å²) in [5.74, 6) is 0.580. The molecule has 2 N–H and O–H groups in total. The summed E-state index contributed by atoms with van der Waals surface area (Å²) >= 11 is 0. The first kappa shape index (κ1) is 14.4. The van der Waals surface area contributed by atoms with Crippen molar-refractivity contribution < 1.29 is 0 Å². The molecule has 20 heavy (non-hydrogen) atoms. The van der Waals surface area contributed by atoms with Crippen molar-refractivity contribution in [3.63, 3.8) is 0 Å². The van der Waals surface area contributed by atoms with Crippen molar-refractivity contribution >= 4 is 11.4 Å². The highest BCUT2D eigenvalue weighted by atomic mass is 15.1. The molecule has 2 heteroatoms. The van der Waals surface area contributed by atoms with Gasteiger partial charge in [-0.15, -0.1) is 0 Å². The molecular formula is C18H24N2. The molecule has 0 spiro atoms. The highest BCUT2D eigenvalue weighted by Crippen LogP contribution is 2.24. The van der Waals surface area contributed by atoms with E-state index in [1.54, 1.807) is 0 Å². The molecule has 106 valence electrons. The minimum Gasteiger partial charge on any atom is -0.397 e. The van der Waals surface area contributed by atoms with Crippen LogP contribution in [0.2, 0.25) is 0 Å². The molecule has 2 rings (SSSR count). The molecule has 0 heterocycles. The van der Waals surface area contributed by atoms with Crippen LogP contribution in [0.25, 0.3) is 0 Å². The third-order valence-corrected chi connectivity index (χ3v) is 3.68. The average Bonchev–Trinajstić information content (AvgIpc) is 2.46. The second-order valence-corrected chi connectivity index (χ2v) is 5.47. The van der Waals surface area contributed by atoms with Crippen LogP contribution in [0.1, 0.15) is 37.8 Å². The Balaban J connectivity index is 2.16. The van der Waals surface area contributed by atoms with Gasteiger partial charge in [0.25, 0.3) is 0 Å². The molecule has 0 saturated heterocycles. The molecule has 0 aliphatic heterocycles. The van der Waals surface area contributed by atoms with Crippen LogP contribution in [0, 0.1) is 0 Å². The van der Waals surface area contributed by atoms with E-state index < -0.39 is 0 Å². The van der Waals surface area contributed by atoms with Crippen molar-refractivity contribution in [1.29, 1.82) is 0 Å². The first-order chi connectivity index (χ1) is 9.61. The Labute approximate surface area is 122 Å². The summed E-state index contributed by atoms with van der Waals surface area (Å²) in [7, 11) is 0. The zero-order chi connectivity index (χ0) is 14.5. The van der Waals surface area contributed by atoms with E-state index in [2.05, 4.69) is 56.0 Å². The molecule has 0 fully saturated rings. The Hall–Kier alpha value is -1.96. The summed E-state index contributed by atoms with van der Waals surface area (Å²) in [5, 5.41) is 0. The summed E-state index contributed by atoms with van der Waals surface area (Å²) < 4.78 is 0. The maximum Gasteiger partial charge on any atom is 0.0602 e. The van der Waals surface area contributed by atoms with Crippen molar-refractivity contribution in [2.24, 2.45) is 0 Å². The van der Waals surface area contributed by atoms with E-state index in [9.17, 15) is 0 Å². The van der Waals surface area contributed by atoms with E-state index in [-0.39, 0.29) is 0 Å². The van der Waals surface area contributed by atoms with Crippen molar-refractivity contribution in [1.82, 2.24) is 0 Å². The lowest BCUT2D eigenvalue weighted by Crippen LogP contribution is -2.23. The topological polar surface area (TPSA) is 29.3 Å². The van der Waals surface area contributed by atoms with Crippen molar-refractivity contribution in [2.45, 2.75) is 33.2 Å². The summed E-state index contributed by atoms with van der Waals surface area (Å²) in [6.07, 6.45) is 0. The standard InChI is InChI=1S/C18H24N2/c1-4-20(18-8-6-5-7-17(18)19)13-15-9-11-16(12-10-15)14(2)3/h5-12,14H,4,13,19H2,1-3H3. The monoisotopic (exact) mass is 268 g/mol. The van der Waals surface area contributed by atoms with E-state index in [1.807, 2.05) is 18.2 Å². The number of hydrogen-bond donors (Lipinski definition) is 1. The van der Waals surface area contributed by atoms with Crippen LogP contribution in [0.5, 0.6) is 0 Å². The highest BCUT2D eigenvalue weighted by Gasteiger charge is 2.08. The number of nitrogen functional groups attached to an aromatic ring is 1. The van der Waals surface area contributed by atoms with E-state index >= 15 is 0 Å². The van der Waals surface area contributed by atoms with E-state index in [0.717, 1.165) is 24.5 Å². The molecule has 0 aliphatic rings. The zero-order valence-corrected chi connectivity index (χ0v) is 12.6. The molecule has 0 aliphatic carbocycles. The fraction of sp³-hybridized carbons (Fsp3) is 0.333. The van der Waals surface area contributed by atoms with Gasteiger partial charge in [-0.05, 0) is 36.1 Å². The first-order valence-corrected chi connectivity index (χ1v) is 7.30. The Morgan fingerprint density at radius 1 is 1.00 bits per heavy atom. The van der Waals surface area contributed by atoms with Gasteiger partial charge < -0.3 is 10.6 Å². The number of nitrogens with zero attached hydrogens (tertiary/aromatic N) is 1. The van der Waals surface area contributed by atoms with Crippen LogP contribution < -0.4 is 10.6 Å². The highest BCUT2D eigenvalue weighted by molar-refractivity contribution is 5.67. The molecule has 2 aromatic rings. The van der Waals surface area contributed by atoms with Crippen LogP contribution in [0.15, 0.2) is 48.5 Å². The molecule has 2 aromatic carbocycles. The Bertz CT molecular complexity index is 544. The number of hydrogen-bond acceptors (Lipinski definition) is 2. The third-order valence-electron chi connectivity index (χ3n) is 3.68. The van der Waals surface area contributed by atoms with E-state index in [4.69, 9.17) is 5.73 Å². The van der Waals surface area contributed by atoms with Gasteiger partial charge >= 0.3 is 0 Å². The molecule has 0 radical (unpaired) electrons. The molecule has 0 amide bonds. The normalized spacial score (nSPS) is 10.8. The summed E-state index contributed by atoms with van der Waals surface area (Å²) in [6.45, 7) is 8.44. The van der Waals surface area contributed by atoms with Crippen molar-refractivity contribution in [3.8, 4) is 0 Å². The van der Waals surface area contributed by atoms with Gasteiger partial charge in [-0.1, -0.05) is 50.2 Å². The lowest BCUT2D eigenvalue weighted by molar-refractivity contribution is 0.827. The number of nitrogens with two attached hydrogens (primary N) is 1. The van der Waals surface area contributed by atoms with Gasteiger partial charge in [0.15, 0.2) is 0 Å². The van der Waals surface area contributed by atoms with Crippen LogP contribution >= 0.6 is 0 Å². The van der Waals surface area contributed by atoms with Gasteiger partial charge in [-0.25, -0.2) is 0 Å². The van der Waals surface area contributed by atoms with Gasteiger partial charge in [0.1, 0.15) is 0 Å². The molecular weight excluding hydrogens is 244 g/mol. The van der Waals surface area contributed by atoms with Gasteiger partial charge in [-0.3, -0.25) is 0 Å². The molecule has 2 nitrogen and oxygen atoms in total. The lowest BCUT2D eigenvalue weighted by atomic mass is 10.0. The Morgan fingerprint density at radius 2 is 1.65 bits per heavy atom. The SMILES string of the molecule is CCN(Cc1ccc(C(C)C)cc1)c1ccccc1N. The van der Waals surface area contributed by atoms with Crippen LogP contribution in [-0.4, -0.2) is 6.54 Å². The smallest absolute Gasteiger partial charge is 0.0602 e. The minimum atomic E-state index is 0.580. The summed E-state index contributed by atoms with van der Waals surface area (Å²) in [5.41, 5.74) is 10.7. The quantitative estimate of drug-likeness (QED) is 0.813. The predicted molar refractivity (Wildman–Crippen MR) is 88.1 cm³/mol. The minimum absolute atomic E-state index is 0.580. The number of anilines is 2. The zero-order valence-electron chi connectivity index (χ0n) is 12.6. The Morgan fingerprint density at radius 3 is 2.20 bits per heavy atom. The maximum atomic E-state index is 6.07. The second kappa shape index (κ2) is 6.47. The van der Waals surface area contributed by atoms with Crippen LogP contribution in [0.3, 0.4) is 0 Å². The molecule has 0 unspecified atom stereocenters. The third kappa shape index (κ3) is 3.32. The molecule has 0 atom stereocenters. The summed E-state index contributed by atoms with van der Waals surface area (Å²) in [6, 6.07) is 16.9. The van der Waals surface area contributed by atoms with Gasteiger partial charge in [0.05, 0.1) is 11.4 Å². The number of para-hydroxylation sites is 2. The molecule has 0 saturated carbocycles. The van der Waals surface area contributed by atoms with Gasteiger partial charge in [0, 0.05) is 13.1 Å². The van der Waals surface area contributed by atoms with Crippen LogP contribution in [0.4, 0.5) is 11.4 Å². The van der Waals surface area contributed by atoms with Crippen molar-refractivity contribution in [2.75, 3.05) is 17.2 Å². The van der Waals surface area contributed by atoms with E-state index in [1.165, 1.54) is 11.1 Å². The Kier molecular flexibility index (Phi) is 4.67. The largest absolute Gasteiger partial charge is 0.397 e. The average molecular weight is 268 g/mol. The lowest BCUT2D eigenvalue weighted by Gasteiger charge is -2.25. The fourth-order valence-corrected chi connectivity index (χ4v) is 2.37. The molecule has 0 aromatic heterocycles. The maximum absolute atomic E-state index is 6.07. The van der Waals surface area contributed by atoms with Crippen LogP contribution in [-0.2, 0) is 6.54 Å². The predicted octanol–water partition coefficient (Wildman–Crippen LogP) is 4.42. The van der Waals surface area contributed by atoms with Gasteiger partial charge in [0.2, 0.25) is 0 Å². The first-order valence-electron chi connectivity index (χ1n) is 7.30. The van der Waals surface area contributed by atoms with E-state index in [0.29, 0.717) is 5.92 Å². The number of benzene rings is 2.